The largest absolute Gasteiger partial charge is 0.497 e. The van der Waals surface area contributed by atoms with Crippen LogP contribution in [0.4, 0.5) is 11.4 Å². The van der Waals surface area contributed by atoms with Crippen molar-refractivity contribution in [1.82, 2.24) is 4.90 Å². The van der Waals surface area contributed by atoms with Crippen LogP contribution >= 0.6 is 0 Å². The van der Waals surface area contributed by atoms with E-state index in [1.807, 2.05) is 49.4 Å². The van der Waals surface area contributed by atoms with Gasteiger partial charge < -0.3 is 19.7 Å². The second-order valence-corrected chi connectivity index (χ2v) is 6.17. The maximum atomic E-state index is 13.0. The average Bonchev–Trinajstić information content (AvgIpc) is 2.71. The third kappa shape index (κ3) is 5.23. The van der Waals surface area contributed by atoms with Crippen LogP contribution in [0, 0.1) is 5.92 Å². The van der Waals surface area contributed by atoms with Crippen molar-refractivity contribution in [3.63, 3.8) is 0 Å². The van der Waals surface area contributed by atoms with Crippen LogP contribution < -0.4 is 10.1 Å². The van der Waals surface area contributed by atoms with Crippen molar-refractivity contribution in [3.8, 4) is 5.75 Å². The van der Waals surface area contributed by atoms with Gasteiger partial charge in [0.05, 0.1) is 31.4 Å². The Morgan fingerprint density at radius 3 is 2.33 bits per heavy atom. The molecular weight excluding hydrogens is 344 g/mol. The van der Waals surface area contributed by atoms with Crippen molar-refractivity contribution >= 4 is 23.3 Å². The fourth-order valence-electron chi connectivity index (χ4n) is 2.74. The van der Waals surface area contributed by atoms with E-state index in [0.717, 1.165) is 11.4 Å². The number of para-hydroxylation sites is 1. The number of carbonyl (C=O) groups is 2. The van der Waals surface area contributed by atoms with Crippen molar-refractivity contribution in [2.45, 2.75) is 13.8 Å². The number of methoxy groups -OCH3 is 2. The monoisotopic (exact) mass is 370 g/mol. The predicted molar refractivity (Wildman–Crippen MR) is 105 cm³/mol. The van der Waals surface area contributed by atoms with E-state index < -0.39 is 0 Å². The van der Waals surface area contributed by atoms with E-state index in [9.17, 15) is 9.59 Å². The molecular formula is C21H26N2O4. The van der Waals surface area contributed by atoms with E-state index in [1.54, 1.807) is 25.0 Å². The Bertz CT molecular complexity index is 774. The van der Waals surface area contributed by atoms with Gasteiger partial charge in [-0.15, -0.1) is 0 Å². The Balaban J connectivity index is 2.21. The second-order valence-electron chi connectivity index (χ2n) is 6.17. The molecule has 1 unspecified atom stereocenters. The van der Waals surface area contributed by atoms with Gasteiger partial charge in [0.1, 0.15) is 5.75 Å². The lowest BCUT2D eigenvalue weighted by molar-refractivity contribution is -0.145. The minimum absolute atomic E-state index is 0.134. The maximum absolute atomic E-state index is 13.0. The summed E-state index contributed by atoms with van der Waals surface area (Å²) in [5.74, 6) is -0.0877. The molecule has 1 N–H and O–H groups in total. The quantitative estimate of drug-likeness (QED) is 0.718. The summed E-state index contributed by atoms with van der Waals surface area (Å²) in [6.07, 6.45) is 0. The van der Waals surface area contributed by atoms with E-state index in [-0.39, 0.29) is 17.8 Å². The Labute approximate surface area is 160 Å². The first-order valence-corrected chi connectivity index (χ1v) is 8.87. The van der Waals surface area contributed by atoms with Crippen LogP contribution in [0.2, 0.25) is 0 Å². The Morgan fingerprint density at radius 2 is 1.74 bits per heavy atom. The predicted octanol–water partition coefficient (Wildman–Crippen LogP) is 3.71. The molecule has 0 heterocycles. The van der Waals surface area contributed by atoms with Crippen LogP contribution in [0.15, 0.2) is 48.5 Å². The number of anilines is 2. The van der Waals surface area contributed by atoms with Gasteiger partial charge in [0.2, 0.25) is 0 Å². The highest BCUT2D eigenvalue weighted by Crippen LogP contribution is 2.24. The second kappa shape index (κ2) is 9.62. The molecule has 0 fully saturated rings. The van der Waals surface area contributed by atoms with E-state index >= 15 is 0 Å². The average molecular weight is 370 g/mol. The Hall–Kier alpha value is -3.02. The highest BCUT2D eigenvalue weighted by atomic mass is 16.5. The molecule has 1 amide bonds. The van der Waals surface area contributed by atoms with Crippen LogP contribution in [0.5, 0.6) is 5.75 Å². The van der Waals surface area contributed by atoms with E-state index in [0.29, 0.717) is 24.3 Å². The number of hydrogen-bond acceptors (Lipinski definition) is 5. The summed E-state index contributed by atoms with van der Waals surface area (Å²) in [5.41, 5.74) is 2.10. The third-order valence-corrected chi connectivity index (χ3v) is 4.29. The van der Waals surface area contributed by atoms with Crippen LogP contribution in [0.1, 0.15) is 24.2 Å². The summed E-state index contributed by atoms with van der Waals surface area (Å²) in [6, 6.07) is 14.8. The van der Waals surface area contributed by atoms with E-state index in [2.05, 4.69) is 5.32 Å². The van der Waals surface area contributed by atoms with Gasteiger partial charge >= 0.3 is 5.97 Å². The number of nitrogens with zero attached hydrogens (tertiary/aromatic N) is 1. The smallest absolute Gasteiger partial charge is 0.310 e. The van der Waals surface area contributed by atoms with Gasteiger partial charge in [-0.25, -0.2) is 0 Å². The van der Waals surface area contributed by atoms with Gasteiger partial charge in [-0.1, -0.05) is 19.1 Å². The number of esters is 1. The topological polar surface area (TPSA) is 67.9 Å². The molecule has 2 aromatic rings. The molecule has 6 nitrogen and oxygen atoms in total. The number of hydrogen-bond donors (Lipinski definition) is 1. The zero-order valence-electron chi connectivity index (χ0n) is 16.2. The van der Waals surface area contributed by atoms with E-state index in [1.165, 1.54) is 7.11 Å². The number of amides is 1. The van der Waals surface area contributed by atoms with Crippen LogP contribution in [0.25, 0.3) is 0 Å². The zero-order valence-corrected chi connectivity index (χ0v) is 16.2. The molecule has 0 aliphatic rings. The van der Waals surface area contributed by atoms with Gasteiger partial charge in [-0.2, -0.15) is 0 Å². The normalized spacial score (nSPS) is 11.4. The molecule has 1 atom stereocenters. The van der Waals surface area contributed by atoms with Gasteiger partial charge in [0, 0.05) is 18.8 Å². The van der Waals surface area contributed by atoms with Gasteiger partial charge in [0.15, 0.2) is 0 Å². The van der Waals surface area contributed by atoms with Crippen molar-refractivity contribution in [3.05, 3.63) is 54.1 Å². The summed E-state index contributed by atoms with van der Waals surface area (Å²) in [7, 11) is 2.97. The first-order valence-electron chi connectivity index (χ1n) is 8.87. The molecule has 6 heteroatoms. The molecule has 2 rings (SSSR count). The molecule has 0 spiro atoms. The zero-order chi connectivity index (χ0) is 19.8. The number of nitrogens with one attached hydrogen (secondary N) is 1. The van der Waals surface area contributed by atoms with E-state index in [4.69, 9.17) is 9.47 Å². The molecule has 0 saturated carbocycles. The summed E-state index contributed by atoms with van der Waals surface area (Å²) in [6.45, 7) is 4.45. The Morgan fingerprint density at radius 1 is 1.07 bits per heavy atom. The molecule has 0 aliphatic heterocycles. The highest BCUT2D eigenvalue weighted by Gasteiger charge is 2.23. The summed E-state index contributed by atoms with van der Waals surface area (Å²) < 4.78 is 9.93. The molecule has 144 valence electrons. The highest BCUT2D eigenvalue weighted by molar-refractivity contribution is 6.00. The molecule has 2 aromatic carbocycles. The molecule has 0 radical (unpaired) electrons. The van der Waals surface area contributed by atoms with Gasteiger partial charge in [0.25, 0.3) is 5.91 Å². The van der Waals surface area contributed by atoms with Gasteiger partial charge in [-0.05, 0) is 43.3 Å². The third-order valence-electron chi connectivity index (χ3n) is 4.29. The first kappa shape index (κ1) is 20.3. The van der Waals surface area contributed by atoms with Crippen LogP contribution in [-0.2, 0) is 9.53 Å². The number of rotatable bonds is 8. The minimum atomic E-state index is -0.388. The lowest BCUT2D eigenvalue weighted by Crippen LogP contribution is -2.37. The molecule has 0 aliphatic carbocycles. The first-order chi connectivity index (χ1) is 13.0. The Kier molecular flexibility index (Phi) is 7.23. The summed E-state index contributed by atoms with van der Waals surface area (Å²) >= 11 is 0. The summed E-state index contributed by atoms with van der Waals surface area (Å²) in [4.78, 5) is 26.4. The lowest BCUT2D eigenvalue weighted by atomic mass is 10.1. The molecule has 27 heavy (non-hydrogen) atoms. The fraction of sp³-hybridized carbons (Fsp3) is 0.333. The lowest BCUT2D eigenvalue weighted by Gasteiger charge is -2.25. The molecule has 0 aromatic heterocycles. The maximum Gasteiger partial charge on any atom is 0.310 e. The fourth-order valence-corrected chi connectivity index (χ4v) is 2.74. The van der Waals surface area contributed by atoms with Gasteiger partial charge in [-0.3, -0.25) is 9.59 Å². The van der Waals surface area contributed by atoms with Crippen molar-refractivity contribution in [1.29, 1.82) is 0 Å². The molecule has 0 bridgehead atoms. The van der Waals surface area contributed by atoms with Crippen molar-refractivity contribution in [2.75, 3.05) is 32.6 Å². The van der Waals surface area contributed by atoms with Crippen LogP contribution in [-0.4, -0.2) is 44.1 Å². The van der Waals surface area contributed by atoms with Crippen molar-refractivity contribution < 1.29 is 19.1 Å². The van der Waals surface area contributed by atoms with Crippen molar-refractivity contribution in [2.24, 2.45) is 5.92 Å². The molecule has 0 saturated heterocycles. The number of ether oxygens (including phenoxy) is 2. The SMILES string of the molecule is CCN(CC(C)C(=O)OC)C(=O)c1ccccc1Nc1ccc(OC)cc1. The minimum Gasteiger partial charge on any atom is -0.497 e. The standard InChI is InChI=1S/C21H26N2O4/c1-5-23(14-15(2)21(25)27-4)20(24)18-8-6-7-9-19(18)22-16-10-12-17(26-3)13-11-16/h6-13,15,22H,5,14H2,1-4H3. The number of carbonyl (C=O) groups excluding carboxylic acids is 2. The van der Waals surface area contributed by atoms with Crippen LogP contribution in [0.3, 0.4) is 0 Å². The summed E-state index contributed by atoms with van der Waals surface area (Å²) in [5, 5.41) is 3.28. The number of benzene rings is 2.